The Hall–Kier alpha value is -3.69. The molecule has 0 saturated carbocycles. The number of nitrogens with two attached hydrogens (primary N) is 1. The molecular weight excluding hydrogens is 641 g/mol. The number of benzene rings is 2. The van der Waals surface area contributed by atoms with Gasteiger partial charge in [-0.15, -0.1) is 0 Å². The third-order valence-corrected chi connectivity index (χ3v) is 11.1. The van der Waals surface area contributed by atoms with Crippen molar-refractivity contribution in [2.24, 2.45) is 0 Å². The van der Waals surface area contributed by atoms with E-state index in [2.05, 4.69) is 80.8 Å². The molecule has 6 rings (SSSR count). The maximum atomic E-state index is 6.64. The summed E-state index contributed by atoms with van der Waals surface area (Å²) in [5, 5.41) is 8.48. The number of rotatable bonds is 10. The summed E-state index contributed by atoms with van der Waals surface area (Å²) in [5.41, 5.74) is 12.9. The Labute approximate surface area is 290 Å². The number of aryl methyl sites for hydroxylation is 1. The molecule has 4 aromatic rings. The molecule has 2 saturated heterocycles. The Morgan fingerprint density at radius 3 is 2.44 bits per heavy atom. The fourth-order valence-electron chi connectivity index (χ4n) is 6.69. The Morgan fingerprint density at radius 2 is 1.75 bits per heavy atom. The molecule has 0 atom stereocenters. The first-order valence-corrected chi connectivity index (χ1v) is 19.3. The van der Waals surface area contributed by atoms with E-state index in [-0.39, 0.29) is 0 Å². The highest BCUT2D eigenvalue weighted by atomic mass is 35.5. The van der Waals surface area contributed by atoms with E-state index in [4.69, 9.17) is 27.1 Å². The van der Waals surface area contributed by atoms with E-state index in [9.17, 15) is 0 Å². The molecule has 10 nitrogen and oxygen atoms in total. The first-order chi connectivity index (χ1) is 23.2. The zero-order chi connectivity index (χ0) is 33.8. The van der Waals surface area contributed by atoms with Crippen molar-refractivity contribution in [3.63, 3.8) is 0 Å². The van der Waals surface area contributed by atoms with Gasteiger partial charge in [0.05, 0.1) is 30.4 Å². The van der Waals surface area contributed by atoms with E-state index < -0.39 is 7.92 Å². The SMILES string of the molecule is CCc1cc(Nc2ncc(Cl)c(Nc3ccc(-c4ncccc4N)cc3P(C)C)n2)c(OC)cc1N1CCC(N2CCN(C)CC2)CC1. The van der Waals surface area contributed by atoms with Crippen LogP contribution in [0.15, 0.2) is 54.9 Å². The summed E-state index contributed by atoms with van der Waals surface area (Å²) in [5.74, 6) is 1.70. The third kappa shape index (κ3) is 7.62. The van der Waals surface area contributed by atoms with E-state index in [0.717, 1.165) is 66.3 Å². The fraction of sp³-hybridized carbons (Fsp3) is 0.417. The largest absolute Gasteiger partial charge is 0.494 e. The third-order valence-electron chi connectivity index (χ3n) is 9.48. The molecule has 0 amide bonds. The second-order valence-corrected chi connectivity index (χ2v) is 15.5. The van der Waals surface area contributed by atoms with Crippen LogP contribution < -0.4 is 31.3 Å². The lowest BCUT2D eigenvalue weighted by molar-refractivity contribution is 0.0982. The maximum Gasteiger partial charge on any atom is 0.229 e. The van der Waals surface area contributed by atoms with Gasteiger partial charge in [-0.05, 0) is 80.8 Å². The molecule has 2 aliphatic rings. The van der Waals surface area contributed by atoms with Gasteiger partial charge in [0, 0.05) is 74.5 Å². The molecule has 2 aromatic carbocycles. The van der Waals surface area contributed by atoms with Crippen molar-refractivity contribution in [3.8, 4) is 17.0 Å². The number of piperazine rings is 1. The molecular formula is C36H47ClN9OP. The van der Waals surface area contributed by atoms with Crippen LogP contribution >= 0.6 is 19.5 Å². The number of nitrogens with one attached hydrogen (secondary N) is 2. The van der Waals surface area contributed by atoms with Crippen molar-refractivity contribution < 1.29 is 4.74 Å². The van der Waals surface area contributed by atoms with Crippen molar-refractivity contribution in [3.05, 3.63) is 65.4 Å². The van der Waals surface area contributed by atoms with Crippen molar-refractivity contribution >= 4 is 59.3 Å². The van der Waals surface area contributed by atoms with Crippen molar-refractivity contribution in [1.82, 2.24) is 24.8 Å². The van der Waals surface area contributed by atoms with Crippen LogP contribution in [0.3, 0.4) is 0 Å². The summed E-state index contributed by atoms with van der Waals surface area (Å²) in [6.07, 6.45) is 6.65. The van der Waals surface area contributed by atoms with E-state index in [1.807, 2.05) is 24.3 Å². The van der Waals surface area contributed by atoms with Crippen LogP contribution in [-0.2, 0) is 6.42 Å². The maximum absolute atomic E-state index is 6.64. The number of pyridine rings is 1. The van der Waals surface area contributed by atoms with Crippen LogP contribution in [0.4, 0.5) is 34.5 Å². The van der Waals surface area contributed by atoms with Crippen LogP contribution in [0, 0.1) is 0 Å². The highest BCUT2D eigenvalue weighted by Crippen LogP contribution is 2.38. The number of piperidine rings is 1. The average molecular weight is 688 g/mol. The zero-order valence-electron chi connectivity index (χ0n) is 28.6. The fourth-order valence-corrected chi connectivity index (χ4v) is 7.84. The number of aromatic nitrogens is 3. The number of ether oxygens (including phenoxy) is 1. The Kier molecular flexibility index (Phi) is 10.9. The van der Waals surface area contributed by atoms with Gasteiger partial charge < -0.3 is 30.9 Å². The molecule has 2 aliphatic heterocycles. The Bertz CT molecular complexity index is 1720. The van der Waals surface area contributed by atoms with E-state index in [1.54, 1.807) is 19.5 Å². The van der Waals surface area contributed by atoms with E-state index in [0.29, 0.717) is 28.5 Å². The molecule has 0 unspecified atom stereocenters. The van der Waals surface area contributed by atoms with Crippen molar-refractivity contribution in [1.29, 1.82) is 0 Å². The molecule has 0 aliphatic carbocycles. The lowest BCUT2D eigenvalue weighted by Crippen LogP contribution is -2.52. The smallest absolute Gasteiger partial charge is 0.229 e. The first-order valence-electron chi connectivity index (χ1n) is 16.7. The lowest BCUT2D eigenvalue weighted by Gasteiger charge is -2.43. The molecule has 254 valence electrons. The molecule has 12 heteroatoms. The summed E-state index contributed by atoms with van der Waals surface area (Å²) in [6.45, 7) is 13.4. The lowest BCUT2D eigenvalue weighted by atomic mass is 9.99. The predicted molar refractivity (Wildman–Crippen MR) is 203 cm³/mol. The van der Waals surface area contributed by atoms with Crippen LogP contribution in [0.2, 0.25) is 5.02 Å². The number of likely N-dealkylation sites (N-methyl/N-ethyl adjacent to an activating group) is 1. The average Bonchev–Trinajstić information content (AvgIpc) is 3.10. The van der Waals surface area contributed by atoms with Crippen LogP contribution in [0.25, 0.3) is 11.3 Å². The standard InChI is InChI=1S/C36H47ClN9OP/c1-6-24-20-30(32(47-3)22-31(24)46-14-11-26(12-15-46)45-18-16-44(2)17-19-45)42-36-40-23-27(37)35(43-36)41-29-10-9-25(21-33(29)48(4)5)34-28(38)8-7-13-39-34/h7-10,13,20-23,26H,6,11-12,14-19,38H2,1-5H3,(H2,40,41,42,43). The van der Waals surface area contributed by atoms with Gasteiger partial charge in [0.2, 0.25) is 5.95 Å². The summed E-state index contributed by atoms with van der Waals surface area (Å²) in [6, 6.07) is 14.9. The van der Waals surface area contributed by atoms with Gasteiger partial charge in [0.25, 0.3) is 0 Å². The molecule has 0 bridgehead atoms. The number of methoxy groups -OCH3 is 1. The van der Waals surface area contributed by atoms with Crippen molar-refractivity contribution in [2.75, 3.05) is 88.0 Å². The van der Waals surface area contributed by atoms with Gasteiger partial charge in [-0.3, -0.25) is 9.88 Å². The Morgan fingerprint density at radius 1 is 0.979 bits per heavy atom. The number of nitrogen functional groups attached to an aromatic ring is 1. The van der Waals surface area contributed by atoms with E-state index >= 15 is 0 Å². The van der Waals surface area contributed by atoms with Crippen LogP contribution in [0.5, 0.6) is 5.75 Å². The first kappa shape index (κ1) is 34.2. The topological polar surface area (TPSA) is 108 Å². The molecule has 2 fully saturated rings. The summed E-state index contributed by atoms with van der Waals surface area (Å²) < 4.78 is 5.91. The number of hydrogen-bond donors (Lipinski definition) is 3. The molecule has 2 aromatic heterocycles. The molecule has 4 N–H and O–H groups in total. The van der Waals surface area contributed by atoms with Gasteiger partial charge >= 0.3 is 0 Å². The Balaban J connectivity index is 1.20. The second kappa shape index (κ2) is 15.2. The molecule has 4 heterocycles. The summed E-state index contributed by atoms with van der Waals surface area (Å²) in [4.78, 5) is 21.5. The summed E-state index contributed by atoms with van der Waals surface area (Å²) in [7, 11) is 3.46. The van der Waals surface area contributed by atoms with Crippen LogP contribution in [-0.4, -0.2) is 97.5 Å². The van der Waals surface area contributed by atoms with Gasteiger partial charge in [-0.1, -0.05) is 32.5 Å². The number of hydrogen-bond acceptors (Lipinski definition) is 10. The minimum absolute atomic E-state index is 0.428. The number of halogens is 1. The molecule has 48 heavy (non-hydrogen) atoms. The highest BCUT2D eigenvalue weighted by molar-refractivity contribution is 7.64. The molecule has 0 radical (unpaired) electrons. The quantitative estimate of drug-likeness (QED) is 0.162. The predicted octanol–water partition coefficient (Wildman–Crippen LogP) is 6.42. The second-order valence-electron chi connectivity index (χ2n) is 12.8. The number of anilines is 6. The minimum Gasteiger partial charge on any atom is -0.494 e. The van der Waals surface area contributed by atoms with Gasteiger partial charge in [0.1, 0.15) is 10.8 Å². The van der Waals surface area contributed by atoms with Gasteiger partial charge in [-0.2, -0.15) is 4.98 Å². The van der Waals surface area contributed by atoms with E-state index in [1.165, 1.54) is 37.2 Å². The normalized spacial score (nSPS) is 16.4. The monoisotopic (exact) mass is 687 g/mol. The minimum atomic E-state index is -0.473. The van der Waals surface area contributed by atoms with Gasteiger partial charge in [0.15, 0.2) is 5.82 Å². The summed E-state index contributed by atoms with van der Waals surface area (Å²) >= 11 is 6.64. The van der Waals surface area contributed by atoms with Crippen molar-refractivity contribution in [2.45, 2.75) is 32.2 Å². The number of nitrogens with zero attached hydrogens (tertiary/aromatic N) is 6. The highest BCUT2D eigenvalue weighted by Gasteiger charge is 2.28. The van der Waals surface area contributed by atoms with Gasteiger partial charge in [-0.25, -0.2) is 4.98 Å². The molecule has 0 spiro atoms. The zero-order valence-corrected chi connectivity index (χ0v) is 30.3. The van der Waals surface area contributed by atoms with Crippen LogP contribution in [0.1, 0.15) is 25.3 Å².